The molecule has 5 nitrogen and oxygen atoms in total. The molecule has 0 aromatic rings. The monoisotopic (exact) mass is 214 g/mol. The Hall–Kier alpha value is -1.10. The summed E-state index contributed by atoms with van der Waals surface area (Å²) in [4.78, 5) is 22.3. The summed E-state index contributed by atoms with van der Waals surface area (Å²) < 4.78 is 0. The smallest absolute Gasteiger partial charge is 0.242 e. The summed E-state index contributed by atoms with van der Waals surface area (Å²) in [6.07, 6.45) is 1.89. The number of rotatable bonds is 5. The first-order valence-corrected chi connectivity index (χ1v) is 5.38. The number of aliphatic hydroxyl groups is 1. The number of carbonyl (C=O) groups excluding carboxylic acids is 2. The van der Waals surface area contributed by atoms with Crippen LogP contribution in [0.25, 0.3) is 0 Å². The molecule has 15 heavy (non-hydrogen) atoms. The lowest BCUT2D eigenvalue weighted by Crippen LogP contribution is -2.42. The van der Waals surface area contributed by atoms with Gasteiger partial charge in [0.1, 0.15) is 6.04 Å². The zero-order valence-corrected chi connectivity index (χ0v) is 8.95. The molecule has 0 saturated carbocycles. The number of nitrogens with one attached hydrogen (secondary N) is 2. The standard InChI is InChI=1S/C10H18N2O3/c1-2-7(13)5-6-11-10(15)8-3-4-9(14)12-8/h7-8,13H,2-6H2,1H3,(H,11,15)(H,12,14). The molecule has 0 radical (unpaired) electrons. The van der Waals surface area contributed by atoms with Crippen molar-refractivity contribution in [2.24, 2.45) is 0 Å². The minimum Gasteiger partial charge on any atom is -0.393 e. The fraction of sp³-hybridized carbons (Fsp3) is 0.800. The van der Waals surface area contributed by atoms with Crippen molar-refractivity contribution in [3.8, 4) is 0 Å². The minimum absolute atomic E-state index is 0.0660. The van der Waals surface area contributed by atoms with Crippen LogP contribution >= 0.6 is 0 Å². The average Bonchev–Trinajstić information content (AvgIpc) is 2.64. The van der Waals surface area contributed by atoms with E-state index in [0.29, 0.717) is 32.2 Å². The first kappa shape index (κ1) is 12.0. The normalized spacial score (nSPS) is 22.3. The van der Waals surface area contributed by atoms with Crippen LogP contribution < -0.4 is 10.6 Å². The van der Waals surface area contributed by atoms with Crippen molar-refractivity contribution in [2.45, 2.75) is 44.8 Å². The second-order valence-electron chi connectivity index (χ2n) is 3.80. The molecule has 5 heteroatoms. The van der Waals surface area contributed by atoms with Crippen molar-refractivity contribution >= 4 is 11.8 Å². The van der Waals surface area contributed by atoms with Gasteiger partial charge in [-0.15, -0.1) is 0 Å². The molecule has 86 valence electrons. The Morgan fingerprint density at radius 2 is 2.47 bits per heavy atom. The van der Waals surface area contributed by atoms with E-state index in [4.69, 9.17) is 0 Å². The highest BCUT2D eigenvalue weighted by atomic mass is 16.3. The third-order valence-electron chi connectivity index (χ3n) is 2.56. The molecule has 0 aliphatic carbocycles. The van der Waals surface area contributed by atoms with E-state index in [9.17, 15) is 14.7 Å². The second-order valence-corrected chi connectivity index (χ2v) is 3.80. The van der Waals surface area contributed by atoms with Gasteiger partial charge >= 0.3 is 0 Å². The van der Waals surface area contributed by atoms with Gasteiger partial charge in [0.25, 0.3) is 0 Å². The number of aliphatic hydroxyl groups excluding tert-OH is 1. The van der Waals surface area contributed by atoms with Gasteiger partial charge in [0, 0.05) is 13.0 Å². The molecule has 2 atom stereocenters. The van der Waals surface area contributed by atoms with Gasteiger partial charge in [0.2, 0.25) is 11.8 Å². The second kappa shape index (κ2) is 5.70. The van der Waals surface area contributed by atoms with E-state index in [2.05, 4.69) is 10.6 Å². The molecule has 1 aliphatic rings. The molecular weight excluding hydrogens is 196 g/mol. The van der Waals surface area contributed by atoms with Crippen molar-refractivity contribution in [1.82, 2.24) is 10.6 Å². The highest BCUT2D eigenvalue weighted by molar-refractivity contribution is 5.90. The van der Waals surface area contributed by atoms with Crippen LogP contribution in [0, 0.1) is 0 Å². The van der Waals surface area contributed by atoms with Gasteiger partial charge < -0.3 is 15.7 Å². The van der Waals surface area contributed by atoms with Crippen LogP contribution in [0.5, 0.6) is 0 Å². The summed E-state index contributed by atoms with van der Waals surface area (Å²) in [5.74, 6) is -0.215. The van der Waals surface area contributed by atoms with Gasteiger partial charge in [-0.05, 0) is 19.3 Å². The molecule has 1 aliphatic heterocycles. The predicted octanol–water partition coefficient (Wildman–Crippen LogP) is -0.458. The Balaban J connectivity index is 2.16. The average molecular weight is 214 g/mol. The van der Waals surface area contributed by atoms with Gasteiger partial charge in [-0.3, -0.25) is 9.59 Å². The van der Waals surface area contributed by atoms with Crippen LogP contribution in [0.2, 0.25) is 0 Å². The number of carbonyl (C=O) groups is 2. The summed E-state index contributed by atoms with van der Waals surface area (Å²) in [6, 6.07) is -0.378. The summed E-state index contributed by atoms with van der Waals surface area (Å²) in [5.41, 5.74) is 0. The SMILES string of the molecule is CCC(O)CCNC(=O)C1CCC(=O)N1. The fourth-order valence-electron chi connectivity index (χ4n) is 1.50. The van der Waals surface area contributed by atoms with Crippen molar-refractivity contribution in [2.75, 3.05) is 6.54 Å². The van der Waals surface area contributed by atoms with Crippen molar-refractivity contribution in [1.29, 1.82) is 0 Å². The maximum absolute atomic E-state index is 11.5. The zero-order chi connectivity index (χ0) is 11.3. The molecule has 0 aromatic heterocycles. The Morgan fingerprint density at radius 1 is 1.73 bits per heavy atom. The Morgan fingerprint density at radius 3 is 3.00 bits per heavy atom. The van der Waals surface area contributed by atoms with Gasteiger partial charge in [-0.2, -0.15) is 0 Å². The Bertz CT molecular complexity index is 243. The molecular formula is C10H18N2O3. The molecule has 3 N–H and O–H groups in total. The topological polar surface area (TPSA) is 78.4 Å². The van der Waals surface area contributed by atoms with E-state index in [1.807, 2.05) is 6.92 Å². The highest BCUT2D eigenvalue weighted by Gasteiger charge is 2.26. The maximum atomic E-state index is 11.5. The molecule has 0 spiro atoms. The zero-order valence-electron chi connectivity index (χ0n) is 8.95. The van der Waals surface area contributed by atoms with Crippen molar-refractivity contribution in [3.63, 3.8) is 0 Å². The summed E-state index contributed by atoms with van der Waals surface area (Å²) in [6.45, 7) is 2.35. The van der Waals surface area contributed by atoms with Crippen LogP contribution in [-0.2, 0) is 9.59 Å². The van der Waals surface area contributed by atoms with E-state index >= 15 is 0 Å². The van der Waals surface area contributed by atoms with Gasteiger partial charge in [0.05, 0.1) is 6.10 Å². The highest BCUT2D eigenvalue weighted by Crippen LogP contribution is 2.06. The molecule has 1 fully saturated rings. The number of hydrogen-bond donors (Lipinski definition) is 3. The van der Waals surface area contributed by atoms with Crippen LogP contribution in [-0.4, -0.2) is 35.6 Å². The molecule has 0 bridgehead atoms. The first-order chi connectivity index (χ1) is 7.13. The minimum atomic E-state index is -0.378. The largest absolute Gasteiger partial charge is 0.393 e. The maximum Gasteiger partial charge on any atom is 0.242 e. The fourth-order valence-corrected chi connectivity index (χ4v) is 1.50. The quantitative estimate of drug-likeness (QED) is 0.579. The number of amides is 2. The summed E-state index contributed by atoms with van der Waals surface area (Å²) in [5, 5.41) is 14.5. The lowest BCUT2D eigenvalue weighted by Gasteiger charge is -2.12. The van der Waals surface area contributed by atoms with E-state index in [-0.39, 0.29) is 24.0 Å². The molecule has 2 amide bonds. The molecule has 1 heterocycles. The third-order valence-corrected chi connectivity index (χ3v) is 2.56. The molecule has 1 rings (SSSR count). The summed E-state index contributed by atoms with van der Waals surface area (Å²) in [7, 11) is 0. The van der Waals surface area contributed by atoms with Crippen LogP contribution in [0.3, 0.4) is 0 Å². The van der Waals surface area contributed by atoms with E-state index < -0.39 is 0 Å². The first-order valence-electron chi connectivity index (χ1n) is 5.38. The van der Waals surface area contributed by atoms with E-state index in [0.717, 1.165) is 0 Å². The van der Waals surface area contributed by atoms with E-state index in [1.165, 1.54) is 0 Å². The molecule has 2 unspecified atom stereocenters. The lowest BCUT2D eigenvalue weighted by atomic mass is 10.2. The van der Waals surface area contributed by atoms with Crippen LogP contribution in [0.15, 0.2) is 0 Å². The Kier molecular flexibility index (Phi) is 4.55. The lowest BCUT2D eigenvalue weighted by molar-refractivity contribution is -0.125. The molecule has 1 saturated heterocycles. The van der Waals surface area contributed by atoms with Crippen molar-refractivity contribution in [3.05, 3.63) is 0 Å². The van der Waals surface area contributed by atoms with Gasteiger partial charge in [0.15, 0.2) is 0 Å². The van der Waals surface area contributed by atoms with Crippen molar-refractivity contribution < 1.29 is 14.7 Å². The van der Waals surface area contributed by atoms with Gasteiger partial charge in [-0.1, -0.05) is 6.92 Å². The number of hydrogen-bond acceptors (Lipinski definition) is 3. The third kappa shape index (κ3) is 3.87. The predicted molar refractivity (Wildman–Crippen MR) is 55.1 cm³/mol. The molecule has 0 aromatic carbocycles. The summed E-state index contributed by atoms with van der Waals surface area (Å²) >= 11 is 0. The Labute approximate surface area is 89.2 Å². The van der Waals surface area contributed by atoms with Crippen LogP contribution in [0.4, 0.5) is 0 Å². The van der Waals surface area contributed by atoms with E-state index in [1.54, 1.807) is 0 Å². The van der Waals surface area contributed by atoms with Crippen LogP contribution in [0.1, 0.15) is 32.6 Å². The van der Waals surface area contributed by atoms with Gasteiger partial charge in [-0.25, -0.2) is 0 Å².